The Morgan fingerprint density at radius 2 is 2.00 bits per heavy atom. The molecule has 1 aliphatic heterocycles. The lowest BCUT2D eigenvalue weighted by Gasteiger charge is -2.30. The molecule has 1 aromatic heterocycles. The number of hydrogen-bond donors (Lipinski definition) is 2. The van der Waals surface area contributed by atoms with Crippen molar-refractivity contribution in [3.63, 3.8) is 0 Å². The standard InChI is InChI=1S/C20H20N4O2.CH4O/c1-23-19(8-9-22-23)15-6-7-17-18(11-15)21-13-24(20(17)25)12-14-4-3-5-16(10-14)26-2;1-2/h3-11,21H,12-13H2,1-2H3;2H,1H3. The summed E-state index contributed by atoms with van der Waals surface area (Å²) in [5, 5.41) is 14.6. The second-order valence-corrected chi connectivity index (χ2v) is 6.29. The van der Waals surface area contributed by atoms with E-state index in [1.165, 1.54) is 0 Å². The number of nitrogens with zero attached hydrogens (tertiary/aromatic N) is 3. The molecule has 7 nitrogen and oxygen atoms in total. The SMILES string of the molecule is CO.COc1cccc(CN2CNc3cc(-c4ccnn4C)ccc3C2=O)c1. The summed E-state index contributed by atoms with van der Waals surface area (Å²) in [6, 6.07) is 15.6. The largest absolute Gasteiger partial charge is 0.497 e. The monoisotopic (exact) mass is 380 g/mol. The summed E-state index contributed by atoms with van der Waals surface area (Å²) in [5.41, 5.74) is 4.63. The highest BCUT2D eigenvalue weighted by atomic mass is 16.5. The molecule has 2 heterocycles. The fraction of sp³-hybridized carbons (Fsp3) is 0.238. The molecule has 0 unspecified atom stereocenters. The molecule has 146 valence electrons. The fourth-order valence-electron chi connectivity index (χ4n) is 3.24. The lowest BCUT2D eigenvalue weighted by atomic mass is 10.0. The zero-order valence-corrected chi connectivity index (χ0v) is 16.2. The van der Waals surface area contributed by atoms with E-state index in [4.69, 9.17) is 9.84 Å². The Labute approximate surface area is 164 Å². The number of carbonyl (C=O) groups excluding carboxylic acids is 1. The van der Waals surface area contributed by atoms with Crippen LogP contribution in [-0.4, -0.2) is 46.6 Å². The minimum Gasteiger partial charge on any atom is -0.497 e. The van der Waals surface area contributed by atoms with Crippen molar-refractivity contribution in [2.45, 2.75) is 6.54 Å². The fourth-order valence-corrected chi connectivity index (χ4v) is 3.24. The number of anilines is 1. The van der Waals surface area contributed by atoms with Crippen LogP contribution in [0, 0.1) is 0 Å². The van der Waals surface area contributed by atoms with Crippen molar-refractivity contribution < 1.29 is 14.6 Å². The van der Waals surface area contributed by atoms with E-state index in [9.17, 15) is 4.79 Å². The summed E-state index contributed by atoms with van der Waals surface area (Å²) in [5.74, 6) is 0.819. The minimum absolute atomic E-state index is 0.0260. The molecule has 0 spiro atoms. The Hall–Kier alpha value is -3.32. The first-order valence-electron chi connectivity index (χ1n) is 8.89. The van der Waals surface area contributed by atoms with Crippen LogP contribution in [0.25, 0.3) is 11.3 Å². The van der Waals surface area contributed by atoms with Crippen LogP contribution >= 0.6 is 0 Å². The van der Waals surface area contributed by atoms with Gasteiger partial charge in [0, 0.05) is 38.1 Å². The first kappa shape index (κ1) is 19.4. The van der Waals surface area contributed by atoms with Gasteiger partial charge in [-0.2, -0.15) is 5.10 Å². The number of carbonyl (C=O) groups is 1. The van der Waals surface area contributed by atoms with E-state index in [1.807, 2.05) is 60.3 Å². The molecular formula is C21H24N4O3. The smallest absolute Gasteiger partial charge is 0.257 e. The number of methoxy groups -OCH3 is 1. The highest BCUT2D eigenvalue weighted by Crippen LogP contribution is 2.29. The first-order valence-corrected chi connectivity index (χ1v) is 8.89. The van der Waals surface area contributed by atoms with Crippen molar-refractivity contribution in [1.29, 1.82) is 0 Å². The average Bonchev–Trinajstić information content (AvgIpc) is 3.17. The number of aryl methyl sites for hydroxylation is 1. The number of hydrogen-bond acceptors (Lipinski definition) is 5. The van der Waals surface area contributed by atoms with Crippen LogP contribution in [0.3, 0.4) is 0 Å². The van der Waals surface area contributed by atoms with Gasteiger partial charge in [0.2, 0.25) is 0 Å². The van der Waals surface area contributed by atoms with Crippen molar-refractivity contribution in [1.82, 2.24) is 14.7 Å². The highest BCUT2D eigenvalue weighted by Gasteiger charge is 2.24. The number of fused-ring (bicyclic) bond motifs is 1. The van der Waals surface area contributed by atoms with Gasteiger partial charge in [0.25, 0.3) is 5.91 Å². The molecule has 1 aliphatic rings. The van der Waals surface area contributed by atoms with Crippen molar-refractivity contribution in [3.05, 3.63) is 65.9 Å². The molecule has 0 saturated heterocycles. The van der Waals surface area contributed by atoms with Crippen molar-refractivity contribution in [3.8, 4) is 17.0 Å². The van der Waals surface area contributed by atoms with Gasteiger partial charge in [0.1, 0.15) is 5.75 Å². The van der Waals surface area contributed by atoms with Crippen LogP contribution in [-0.2, 0) is 13.6 Å². The molecule has 2 aromatic carbocycles. The molecule has 0 bridgehead atoms. The third-order valence-corrected chi connectivity index (χ3v) is 4.62. The van der Waals surface area contributed by atoms with Crippen LogP contribution in [0.1, 0.15) is 15.9 Å². The maximum Gasteiger partial charge on any atom is 0.257 e. The second-order valence-electron chi connectivity index (χ2n) is 6.29. The highest BCUT2D eigenvalue weighted by molar-refractivity contribution is 6.02. The Balaban J connectivity index is 0.00000109. The normalized spacial score (nSPS) is 12.6. The van der Waals surface area contributed by atoms with Gasteiger partial charge >= 0.3 is 0 Å². The topological polar surface area (TPSA) is 79.6 Å². The van der Waals surface area contributed by atoms with Gasteiger partial charge in [0.15, 0.2) is 0 Å². The summed E-state index contributed by atoms with van der Waals surface area (Å²) < 4.78 is 7.08. The van der Waals surface area contributed by atoms with Crippen LogP contribution in [0.5, 0.6) is 5.75 Å². The first-order chi connectivity index (χ1) is 13.7. The number of aliphatic hydroxyl groups is 1. The molecule has 28 heavy (non-hydrogen) atoms. The third-order valence-electron chi connectivity index (χ3n) is 4.62. The van der Waals surface area contributed by atoms with E-state index in [1.54, 1.807) is 18.2 Å². The van der Waals surface area contributed by atoms with Gasteiger partial charge in [-0.25, -0.2) is 0 Å². The summed E-state index contributed by atoms with van der Waals surface area (Å²) in [4.78, 5) is 14.7. The molecule has 0 atom stereocenters. The number of rotatable bonds is 4. The number of ether oxygens (including phenoxy) is 1. The third kappa shape index (κ3) is 3.84. The predicted octanol–water partition coefficient (Wildman–Crippen LogP) is 2.73. The van der Waals surface area contributed by atoms with E-state index < -0.39 is 0 Å². The average molecular weight is 380 g/mol. The molecular weight excluding hydrogens is 356 g/mol. The summed E-state index contributed by atoms with van der Waals surface area (Å²) in [7, 11) is 4.55. The van der Waals surface area contributed by atoms with Gasteiger partial charge in [-0.15, -0.1) is 0 Å². The lowest BCUT2D eigenvalue weighted by molar-refractivity contribution is 0.0746. The molecule has 0 saturated carbocycles. The van der Waals surface area contributed by atoms with Gasteiger partial charge in [-0.3, -0.25) is 9.48 Å². The van der Waals surface area contributed by atoms with Crippen LogP contribution in [0.4, 0.5) is 5.69 Å². The summed E-state index contributed by atoms with van der Waals surface area (Å²) in [6.07, 6.45) is 1.77. The van der Waals surface area contributed by atoms with Crippen molar-refractivity contribution in [2.24, 2.45) is 7.05 Å². The number of amides is 1. The van der Waals surface area contributed by atoms with Crippen LogP contribution in [0.2, 0.25) is 0 Å². The number of aliphatic hydroxyl groups excluding tert-OH is 1. The quantitative estimate of drug-likeness (QED) is 0.728. The zero-order valence-electron chi connectivity index (χ0n) is 16.2. The molecule has 2 N–H and O–H groups in total. The number of nitrogens with one attached hydrogen (secondary N) is 1. The van der Waals surface area contributed by atoms with Gasteiger partial charge in [-0.05, 0) is 35.9 Å². The van der Waals surface area contributed by atoms with Crippen LogP contribution in [0.15, 0.2) is 54.7 Å². The maximum absolute atomic E-state index is 12.9. The van der Waals surface area contributed by atoms with E-state index in [2.05, 4.69) is 10.4 Å². The Bertz CT molecular complexity index is 968. The van der Waals surface area contributed by atoms with E-state index in [0.29, 0.717) is 18.8 Å². The summed E-state index contributed by atoms with van der Waals surface area (Å²) in [6.45, 7) is 1.00. The second kappa shape index (κ2) is 8.58. The maximum atomic E-state index is 12.9. The molecule has 1 amide bonds. The zero-order chi connectivity index (χ0) is 20.1. The van der Waals surface area contributed by atoms with Gasteiger partial charge < -0.3 is 20.1 Å². The van der Waals surface area contributed by atoms with E-state index >= 15 is 0 Å². The Morgan fingerprint density at radius 3 is 2.71 bits per heavy atom. The Morgan fingerprint density at radius 1 is 1.18 bits per heavy atom. The Kier molecular flexibility index (Phi) is 5.96. The van der Waals surface area contributed by atoms with Crippen molar-refractivity contribution in [2.75, 3.05) is 26.2 Å². The molecule has 0 aliphatic carbocycles. The lowest BCUT2D eigenvalue weighted by Crippen LogP contribution is -2.39. The predicted molar refractivity (Wildman–Crippen MR) is 108 cm³/mol. The van der Waals surface area contributed by atoms with Crippen molar-refractivity contribution >= 4 is 11.6 Å². The molecule has 0 radical (unpaired) electrons. The molecule has 0 fully saturated rings. The summed E-state index contributed by atoms with van der Waals surface area (Å²) >= 11 is 0. The molecule has 3 aromatic rings. The van der Waals surface area contributed by atoms with E-state index in [-0.39, 0.29) is 5.91 Å². The van der Waals surface area contributed by atoms with Gasteiger partial charge in [-0.1, -0.05) is 18.2 Å². The minimum atomic E-state index is 0.0260. The molecule has 7 heteroatoms. The van der Waals surface area contributed by atoms with Crippen LogP contribution < -0.4 is 10.1 Å². The number of aromatic nitrogens is 2. The van der Waals surface area contributed by atoms with E-state index in [0.717, 1.165) is 35.4 Å². The number of benzene rings is 2. The van der Waals surface area contributed by atoms with Gasteiger partial charge in [0.05, 0.1) is 25.0 Å². The molecule has 4 rings (SSSR count).